The summed E-state index contributed by atoms with van der Waals surface area (Å²) in [7, 11) is 0. The van der Waals surface area contributed by atoms with Crippen LogP contribution in [0.25, 0.3) is 10.8 Å². The number of benzene rings is 3. The minimum atomic E-state index is -0.864. The Kier molecular flexibility index (Phi) is 6.39. The molecule has 0 heterocycles. The smallest absolute Gasteiger partial charge is 0.329 e. The third-order valence-electron chi connectivity index (χ3n) is 3.89. The molecule has 0 aliphatic rings. The highest BCUT2D eigenvalue weighted by molar-refractivity contribution is 9.10. The lowest BCUT2D eigenvalue weighted by Gasteiger charge is -2.08. The lowest BCUT2D eigenvalue weighted by atomic mass is 10.1. The quantitative estimate of drug-likeness (QED) is 0.356. The number of amides is 2. The molecular weight excluding hydrogens is 422 g/mol. The number of fused-ring (bicyclic) bond motifs is 1. The highest BCUT2D eigenvalue weighted by Gasteiger charge is 2.14. The van der Waals surface area contributed by atoms with Crippen molar-refractivity contribution in [1.82, 2.24) is 5.43 Å². The Morgan fingerprint density at radius 3 is 2.68 bits per heavy atom. The maximum Gasteiger partial charge on any atom is 0.329 e. The molecule has 0 saturated heterocycles. The van der Waals surface area contributed by atoms with Crippen molar-refractivity contribution in [2.45, 2.75) is 6.92 Å². The summed E-state index contributed by atoms with van der Waals surface area (Å²) in [5, 5.41) is 8.30. The molecule has 0 saturated carbocycles. The minimum absolute atomic E-state index is 0.502. The molecule has 0 aliphatic carbocycles. The molecule has 0 atom stereocenters. The first-order valence-corrected chi connectivity index (χ1v) is 9.42. The van der Waals surface area contributed by atoms with Crippen molar-refractivity contribution in [3.05, 3.63) is 70.7 Å². The summed E-state index contributed by atoms with van der Waals surface area (Å²) in [5.74, 6) is -1.03. The van der Waals surface area contributed by atoms with Gasteiger partial charge in [0.05, 0.1) is 12.8 Å². The summed E-state index contributed by atoms with van der Waals surface area (Å²) in [6.45, 7) is 2.38. The number of hydrogen-bond donors (Lipinski definition) is 2. The fourth-order valence-corrected chi connectivity index (χ4v) is 3.01. The number of nitrogens with zero attached hydrogens (tertiary/aromatic N) is 1. The summed E-state index contributed by atoms with van der Waals surface area (Å²) >= 11 is 3.38. The first-order chi connectivity index (χ1) is 13.6. The Bertz CT molecular complexity index is 1040. The van der Waals surface area contributed by atoms with Crippen LogP contribution < -0.4 is 15.5 Å². The molecule has 0 aromatic heterocycles. The number of carbonyl (C=O) groups is 2. The molecule has 3 rings (SSSR count). The van der Waals surface area contributed by atoms with E-state index in [2.05, 4.69) is 31.8 Å². The predicted octanol–water partition coefficient (Wildman–Crippen LogP) is 4.09. The van der Waals surface area contributed by atoms with Gasteiger partial charge in [0.25, 0.3) is 0 Å². The zero-order chi connectivity index (χ0) is 19.9. The summed E-state index contributed by atoms with van der Waals surface area (Å²) < 4.78 is 6.36. The predicted molar refractivity (Wildman–Crippen MR) is 114 cm³/mol. The van der Waals surface area contributed by atoms with Gasteiger partial charge in [0, 0.05) is 21.1 Å². The van der Waals surface area contributed by atoms with Crippen molar-refractivity contribution in [1.29, 1.82) is 0 Å². The molecule has 0 unspecified atom stereocenters. The molecule has 3 aromatic rings. The fourth-order valence-electron chi connectivity index (χ4n) is 2.63. The van der Waals surface area contributed by atoms with Crippen LogP contribution >= 0.6 is 15.9 Å². The van der Waals surface area contributed by atoms with Gasteiger partial charge in [-0.3, -0.25) is 9.59 Å². The number of halogens is 1. The maximum atomic E-state index is 12.2. The van der Waals surface area contributed by atoms with E-state index in [1.165, 1.54) is 6.21 Å². The number of rotatable bonds is 5. The van der Waals surface area contributed by atoms with E-state index < -0.39 is 11.8 Å². The molecule has 2 N–H and O–H groups in total. The minimum Gasteiger partial charge on any atom is -0.493 e. The largest absolute Gasteiger partial charge is 0.493 e. The molecule has 142 valence electrons. The van der Waals surface area contributed by atoms with Crippen LogP contribution in [-0.2, 0) is 9.59 Å². The Morgan fingerprint density at radius 2 is 1.86 bits per heavy atom. The summed E-state index contributed by atoms with van der Waals surface area (Å²) in [6.07, 6.45) is 1.43. The third kappa shape index (κ3) is 4.75. The van der Waals surface area contributed by atoms with Crippen molar-refractivity contribution in [3.63, 3.8) is 0 Å². The molecular formula is C21H18BrN3O3. The van der Waals surface area contributed by atoms with E-state index in [-0.39, 0.29) is 0 Å². The molecule has 0 fully saturated rings. The average molecular weight is 440 g/mol. The lowest BCUT2D eigenvalue weighted by Crippen LogP contribution is -2.32. The van der Waals surface area contributed by atoms with Gasteiger partial charge in [-0.2, -0.15) is 5.10 Å². The Balaban J connectivity index is 1.67. The van der Waals surface area contributed by atoms with Crippen LogP contribution in [-0.4, -0.2) is 24.6 Å². The van der Waals surface area contributed by atoms with Crippen molar-refractivity contribution in [2.24, 2.45) is 5.10 Å². The maximum absolute atomic E-state index is 12.2. The Labute approximate surface area is 170 Å². The first kappa shape index (κ1) is 19.6. The van der Waals surface area contributed by atoms with Crippen LogP contribution in [0.2, 0.25) is 0 Å². The summed E-state index contributed by atoms with van der Waals surface area (Å²) in [4.78, 5) is 24.3. The van der Waals surface area contributed by atoms with Crippen LogP contribution in [0.4, 0.5) is 5.69 Å². The van der Waals surface area contributed by atoms with Crippen LogP contribution in [0.1, 0.15) is 12.5 Å². The number of ether oxygens (including phenoxy) is 1. The monoisotopic (exact) mass is 439 g/mol. The van der Waals surface area contributed by atoms with Gasteiger partial charge in [-0.05, 0) is 36.6 Å². The van der Waals surface area contributed by atoms with Gasteiger partial charge >= 0.3 is 11.8 Å². The van der Waals surface area contributed by atoms with E-state index in [1.807, 2.05) is 49.4 Å². The number of hydrazone groups is 1. The zero-order valence-electron chi connectivity index (χ0n) is 15.1. The average Bonchev–Trinajstić information content (AvgIpc) is 2.70. The highest BCUT2D eigenvalue weighted by Crippen LogP contribution is 2.23. The van der Waals surface area contributed by atoms with Gasteiger partial charge in [-0.25, -0.2) is 5.43 Å². The van der Waals surface area contributed by atoms with Crippen molar-refractivity contribution in [2.75, 3.05) is 11.9 Å². The zero-order valence-corrected chi connectivity index (χ0v) is 16.7. The molecule has 2 amide bonds. The van der Waals surface area contributed by atoms with Crippen molar-refractivity contribution < 1.29 is 14.3 Å². The van der Waals surface area contributed by atoms with Crippen molar-refractivity contribution in [3.8, 4) is 5.75 Å². The summed E-state index contributed by atoms with van der Waals surface area (Å²) in [5.41, 5.74) is 3.47. The van der Waals surface area contributed by atoms with E-state index in [0.717, 1.165) is 15.2 Å². The second kappa shape index (κ2) is 9.14. The van der Waals surface area contributed by atoms with E-state index in [4.69, 9.17) is 4.74 Å². The van der Waals surface area contributed by atoms with E-state index in [1.54, 1.807) is 18.2 Å². The number of nitrogens with one attached hydrogen (secondary N) is 2. The second-order valence-electron chi connectivity index (χ2n) is 5.80. The van der Waals surface area contributed by atoms with Gasteiger partial charge in [-0.1, -0.05) is 52.3 Å². The molecule has 0 aliphatic heterocycles. The van der Waals surface area contributed by atoms with E-state index >= 15 is 0 Å². The highest BCUT2D eigenvalue weighted by atomic mass is 79.9. The number of anilines is 1. The molecule has 7 heteroatoms. The number of carbonyl (C=O) groups excluding carboxylic acids is 2. The molecule has 0 radical (unpaired) electrons. The van der Waals surface area contributed by atoms with Crippen molar-refractivity contribution >= 4 is 50.4 Å². The van der Waals surface area contributed by atoms with Gasteiger partial charge < -0.3 is 10.1 Å². The van der Waals surface area contributed by atoms with Crippen LogP contribution in [0.15, 0.2) is 70.2 Å². The van der Waals surface area contributed by atoms with Gasteiger partial charge in [0.2, 0.25) is 0 Å². The van der Waals surface area contributed by atoms with Crippen LogP contribution in [0.5, 0.6) is 5.75 Å². The standard InChI is InChI=1S/C21H18BrN3O3/c1-2-28-19-11-10-16(22)12-15(19)13-23-25-21(27)20(26)24-18-9-5-7-14-6-3-4-8-17(14)18/h3-13H,2H2,1H3,(H,24,26)(H,25,27)/b23-13-. The lowest BCUT2D eigenvalue weighted by molar-refractivity contribution is -0.136. The number of hydrogen-bond acceptors (Lipinski definition) is 4. The Hall–Kier alpha value is -3.19. The van der Waals surface area contributed by atoms with E-state index in [9.17, 15) is 9.59 Å². The van der Waals surface area contributed by atoms with Gasteiger partial charge in [-0.15, -0.1) is 0 Å². The van der Waals surface area contributed by atoms with Gasteiger partial charge in [0.15, 0.2) is 0 Å². The SMILES string of the molecule is CCOc1ccc(Br)cc1/C=N\NC(=O)C(=O)Nc1cccc2ccccc12. The Morgan fingerprint density at radius 1 is 1.07 bits per heavy atom. The van der Waals surface area contributed by atoms with E-state index in [0.29, 0.717) is 23.6 Å². The molecule has 0 bridgehead atoms. The summed E-state index contributed by atoms with van der Waals surface area (Å²) in [6, 6.07) is 18.5. The van der Waals surface area contributed by atoms with Crippen LogP contribution in [0, 0.1) is 0 Å². The van der Waals surface area contributed by atoms with Crippen LogP contribution in [0.3, 0.4) is 0 Å². The normalized spacial score (nSPS) is 10.8. The molecule has 0 spiro atoms. The molecule has 28 heavy (non-hydrogen) atoms. The molecule has 3 aromatic carbocycles. The van der Waals surface area contributed by atoms with Gasteiger partial charge in [0.1, 0.15) is 5.75 Å². The third-order valence-corrected chi connectivity index (χ3v) is 4.38. The first-order valence-electron chi connectivity index (χ1n) is 8.63. The fraction of sp³-hybridized carbons (Fsp3) is 0.0952. The second-order valence-corrected chi connectivity index (χ2v) is 6.71. The molecule has 6 nitrogen and oxygen atoms in total. The topological polar surface area (TPSA) is 79.8 Å².